The number of aromatic nitrogens is 1. The molecule has 1 heterocycles. The zero-order valence-electron chi connectivity index (χ0n) is 10.1. The Morgan fingerprint density at radius 1 is 1.18 bits per heavy atom. The molecule has 2 rings (SSSR count). The van der Waals surface area contributed by atoms with E-state index in [1.807, 2.05) is 50.4 Å². The largest absolute Gasteiger partial charge is 0.487 e. The van der Waals surface area contributed by atoms with Crippen molar-refractivity contribution < 1.29 is 4.74 Å². The second-order valence-corrected chi connectivity index (χ2v) is 3.83. The minimum absolute atomic E-state index is 0.506. The van der Waals surface area contributed by atoms with Crippen LogP contribution in [0.3, 0.4) is 0 Å². The summed E-state index contributed by atoms with van der Waals surface area (Å²) in [4.78, 5) is 4.29. The highest BCUT2D eigenvalue weighted by Gasteiger charge is 2.00. The predicted molar refractivity (Wildman–Crippen MR) is 69.3 cm³/mol. The topological polar surface area (TPSA) is 34.1 Å². The van der Waals surface area contributed by atoms with Gasteiger partial charge in [0, 0.05) is 18.9 Å². The van der Waals surface area contributed by atoms with Crippen LogP contribution < -0.4 is 10.1 Å². The molecule has 1 aromatic heterocycles. The van der Waals surface area contributed by atoms with Gasteiger partial charge in [0.25, 0.3) is 0 Å². The van der Waals surface area contributed by atoms with Crippen LogP contribution in [-0.4, -0.2) is 12.0 Å². The molecule has 2 aromatic rings. The van der Waals surface area contributed by atoms with Crippen LogP contribution in [0.1, 0.15) is 11.3 Å². The highest BCUT2D eigenvalue weighted by molar-refractivity contribution is 5.45. The van der Waals surface area contributed by atoms with Crippen LogP contribution in [0.4, 0.5) is 5.69 Å². The zero-order chi connectivity index (χ0) is 12.1. The normalized spacial score (nSPS) is 10.0. The zero-order valence-corrected chi connectivity index (χ0v) is 10.1. The van der Waals surface area contributed by atoms with Crippen LogP contribution in [0.25, 0.3) is 0 Å². The first-order valence-corrected chi connectivity index (χ1v) is 5.60. The number of nitrogens with zero attached hydrogens (tertiary/aromatic N) is 1. The maximum atomic E-state index is 5.68. The second kappa shape index (κ2) is 5.34. The maximum absolute atomic E-state index is 5.68. The van der Waals surface area contributed by atoms with Crippen molar-refractivity contribution in [1.29, 1.82) is 0 Å². The van der Waals surface area contributed by atoms with Crippen molar-refractivity contribution >= 4 is 5.69 Å². The van der Waals surface area contributed by atoms with Crippen LogP contribution in [0.15, 0.2) is 42.6 Å². The monoisotopic (exact) mass is 228 g/mol. The quantitative estimate of drug-likeness (QED) is 0.873. The molecule has 1 aromatic carbocycles. The van der Waals surface area contributed by atoms with E-state index in [1.165, 1.54) is 0 Å². The van der Waals surface area contributed by atoms with Crippen LogP contribution in [0.5, 0.6) is 5.75 Å². The molecule has 0 saturated heterocycles. The van der Waals surface area contributed by atoms with E-state index in [4.69, 9.17) is 4.74 Å². The fraction of sp³-hybridized carbons (Fsp3) is 0.214. The van der Waals surface area contributed by atoms with Gasteiger partial charge in [-0.1, -0.05) is 6.07 Å². The average Bonchev–Trinajstić information content (AvgIpc) is 2.38. The third-order valence-corrected chi connectivity index (χ3v) is 2.64. The lowest BCUT2D eigenvalue weighted by Crippen LogP contribution is -2.00. The van der Waals surface area contributed by atoms with E-state index in [-0.39, 0.29) is 0 Å². The van der Waals surface area contributed by atoms with Crippen LogP contribution in [0.2, 0.25) is 0 Å². The molecule has 0 bridgehead atoms. The van der Waals surface area contributed by atoms with Crippen molar-refractivity contribution in [2.45, 2.75) is 13.5 Å². The molecule has 88 valence electrons. The van der Waals surface area contributed by atoms with Gasteiger partial charge in [-0.25, -0.2) is 0 Å². The Bertz CT molecular complexity index is 480. The van der Waals surface area contributed by atoms with E-state index in [9.17, 15) is 0 Å². The van der Waals surface area contributed by atoms with E-state index < -0.39 is 0 Å². The Morgan fingerprint density at radius 2 is 1.94 bits per heavy atom. The number of anilines is 1. The summed E-state index contributed by atoms with van der Waals surface area (Å²) in [6, 6.07) is 11.8. The van der Waals surface area contributed by atoms with Gasteiger partial charge in [-0.15, -0.1) is 0 Å². The summed E-state index contributed by atoms with van der Waals surface area (Å²) in [5.41, 5.74) is 3.20. The van der Waals surface area contributed by atoms with Gasteiger partial charge < -0.3 is 10.1 Å². The number of hydrogen-bond donors (Lipinski definition) is 1. The van der Waals surface area contributed by atoms with Crippen LogP contribution in [0, 0.1) is 6.92 Å². The SMILES string of the molecule is CNc1ccc(OCc2ncccc2C)cc1. The summed E-state index contributed by atoms with van der Waals surface area (Å²) < 4.78 is 5.68. The van der Waals surface area contributed by atoms with Gasteiger partial charge in [-0.3, -0.25) is 4.98 Å². The van der Waals surface area contributed by atoms with E-state index in [2.05, 4.69) is 10.3 Å². The molecule has 0 saturated carbocycles. The van der Waals surface area contributed by atoms with Gasteiger partial charge in [0.1, 0.15) is 12.4 Å². The molecule has 0 radical (unpaired) electrons. The molecule has 0 spiro atoms. The third kappa shape index (κ3) is 2.97. The minimum Gasteiger partial charge on any atom is -0.487 e. The molecule has 3 nitrogen and oxygen atoms in total. The Kier molecular flexibility index (Phi) is 3.60. The fourth-order valence-corrected chi connectivity index (χ4v) is 1.54. The Hall–Kier alpha value is -2.03. The van der Waals surface area contributed by atoms with Crippen LogP contribution >= 0.6 is 0 Å². The number of pyridine rings is 1. The average molecular weight is 228 g/mol. The summed E-state index contributed by atoms with van der Waals surface area (Å²) >= 11 is 0. The number of aryl methyl sites for hydroxylation is 1. The van der Waals surface area contributed by atoms with E-state index in [0.717, 1.165) is 22.7 Å². The van der Waals surface area contributed by atoms with Crippen molar-refractivity contribution in [1.82, 2.24) is 4.98 Å². The van der Waals surface area contributed by atoms with Crippen molar-refractivity contribution in [3.05, 3.63) is 53.9 Å². The number of rotatable bonds is 4. The lowest BCUT2D eigenvalue weighted by Gasteiger charge is -2.08. The van der Waals surface area contributed by atoms with Crippen LogP contribution in [-0.2, 0) is 6.61 Å². The molecular weight excluding hydrogens is 212 g/mol. The minimum atomic E-state index is 0.506. The summed E-state index contributed by atoms with van der Waals surface area (Å²) in [5, 5.41) is 3.07. The van der Waals surface area contributed by atoms with Gasteiger partial charge in [0.15, 0.2) is 0 Å². The molecule has 0 unspecified atom stereocenters. The highest BCUT2D eigenvalue weighted by atomic mass is 16.5. The molecular formula is C14H16N2O. The molecule has 0 atom stereocenters. The molecule has 0 fully saturated rings. The highest BCUT2D eigenvalue weighted by Crippen LogP contribution is 2.16. The standard InChI is InChI=1S/C14H16N2O/c1-11-4-3-9-16-14(11)10-17-13-7-5-12(15-2)6-8-13/h3-9,15H,10H2,1-2H3. The molecule has 0 aliphatic carbocycles. The predicted octanol–water partition coefficient (Wildman–Crippen LogP) is 3.01. The number of ether oxygens (including phenoxy) is 1. The molecule has 1 N–H and O–H groups in total. The Labute approximate surface area is 101 Å². The van der Waals surface area contributed by atoms with Gasteiger partial charge >= 0.3 is 0 Å². The fourth-order valence-electron chi connectivity index (χ4n) is 1.54. The van der Waals surface area contributed by atoms with Gasteiger partial charge in [0.2, 0.25) is 0 Å². The first-order chi connectivity index (χ1) is 8.29. The molecule has 17 heavy (non-hydrogen) atoms. The van der Waals surface area contributed by atoms with Crippen molar-refractivity contribution in [3.8, 4) is 5.75 Å². The van der Waals surface area contributed by atoms with E-state index in [0.29, 0.717) is 6.61 Å². The molecule has 0 amide bonds. The first-order valence-electron chi connectivity index (χ1n) is 5.60. The lowest BCUT2D eigenvalue weighted by atomic mass is 10.2. The Morgan fingerprint density at radius 3 is 2.59 bits per heavy atom. The third-order valence-electron chi connectivity index (χ3n) is 2.64. The van der Waals surface area contributed by atoms with E-state index in [1.54, 1.807) is 6.20 Å². The van der Waals surface area contributed by atoms with Gasteiger partial charge in [-0.05, 0) is 42.8 Å². The number of benzene rings is 1. The molecule has 3 heteroatoms. The van der Waals surface area contributed by atoms with Crippen molar-refractivity contribution in [2.24, 2.45) is 0 Å². The number of hydrogen-bond acceptors (Lipinski definition) is 3. The van der Waals surface area contributed by atoms with Crippen molar-refractivity contribution in [2.75, 3.05) is 12.4 Å². The molecule has 0 aliphatic rings. The molecule has 0 aliphatic heterocycles. The first kappa shape index (κ1) is 11.5. The van der Waals surface area contributed by atoms with Gasteiger partial charge in [0.05, 0.1) is 5.69 Å². The second-order valence-electron chi connectivity index (χ2n) is 3.83. The van der Waals surface area contributed by atoms with E-state index >= 15 is 0 Å². The smallest absolute Gasteiger partial charge is 0.130 e. The summed E-state index contributed by atoms with van der Waals surface area (Å²) in [5.74, 6) is 0.856. The summed E-state index contributed by atoms with van der Waals surface area (Å²) in [6.07, 6.45) is 1.79. The van der Waals surface area contributed by atoms with Gasteiger partial charge in [-0.2, -0.15) is 0 Å². The maximum Gasteiger partial charge on any atom is 0.130 e. The summed E-state index contributed by atoms with van der Waals surface area (Å²) in [7, 11) is 1.90. The lowest BCUT2D eigenvalue weighted by molar-refractivity contribution is 0.300. The van der Waals surface area contributed by atoms with Crippen molar-refractivity contribution in [3.63, 3.8) is 0 Å². The Balaban J connectivity index is 2.00. The number of nitrogens with one attached hydrogen (secondary N) is 1. The summed E-state index contributed by atoms with van der Waals surface area (Å²) in [6.45, 7) is 2.54.